The molecule has 0 atom stereocenters. The minimum Gasteiger partial charge on any atom is -0.452 e. The van der Waals surface area contributed by atoms with Crippen molar-refractivity contribution in [1.82, 2.24) is 4.90 Å². The van der Waals surface area contributed by atoms with Crippen LogP contribution in [-0.4, -0.2) is 17.9 Å². The Labute approximate surface area is 122 Å². The van der Waals surface area contributed by atoms with Gasteiger partial charge in [0.2, 0.25) is 0 Å². The van der Waals surface area contributed by atoms with Gasteiger partial charge in [-0.1, -0.05) is 0 Å². The Morgan fingerprint density at radius 1 is 1.35 bits per heavy atom. The number of rotatable bonds is 3. The summed E-state index contributed by atoms with van der Waals surface area (Å²) in [5, 5.41) is 0. The molecule has 1 aromatic heterocycles. The number of carbonyl (C=O) groups is 1. The number of nitrogens with two attached hydrogens (primary N) is 1. The minimum atomic E-state index is -0.950. The first-order valence-electron chi connectivity index (χ1n) is 5.62. The molecule has 0 saturated carbocycles. The van der Waals surface area contributed by atoms with E-state index in [0.29, 0.717) is 16.5 Å². The Morgan fingerprint density at radius 3 is 2.65 bits per heavy atom. The molecule has 0 unspecified atom stereocenters. The van der Waals surface area contributed by atoms with Crippen molar-refractivity contribution >= 4 is 27.5 Å². The van der Waals surface area contributed by atoms with Crippen LogP contribution in [-0.2, 0) is 6.54 Å². The molecule has 2 rings (SSSR count). The van der Waals surface area contributed by atoms with Crippen molar-refractivity contribution in [2.75, 3.05) is 12.8 Å². The third kappa shape index (κ3) is 2.98. The topological polar surface area (TPSA) is 59.5 Å². The van der Waals surface area contributed by atoms with Crippen LogP contribution in [0.3, 0.4) is 0 Å². The molecule has 1 amide bonds. The van der Waals surface area contributed by atoms with E-state index in [1.54, 1.807) is 12.1 Å². The number of anilines is 1. The average Bonchev–Trinajstić information content (AvgIpc) is 2.78. The Hall–Kier alpha value is -1.89. The minimum absolute atomic E-state index is 0.154. The second-order valence-corrected chi connectivity index (χ2v) is 5.00. The van der Waals surface area contributed by atoms with Gasteiger partial charge in [0, 0.05) is 13.1 Å². The highest BCUT2D eigenvalue weighted by molar-refractivity contribution is 9.10. The zero-order valence-corrected chi connectivity index (χ0v) is 12.1. The lowest BCUT2D eigenvalue weighted by Crippen LogP contribution is -2.27. The number of benzene rings is 1. The molecule has 7 heteroatoms. The second-order valence-electron chi connectivity index (χ2n) is 4.22. The third-order valence-electron chi connectivity index (χ3n) is 2.69. The highest BCUT2D eigenvalue weighted by atomic mass is 79.9. The van der Waals surface area contributed by atoms with E-state index in [-0.39, 0.29) is 17.8 Å². The summed E-state index contributed by atoms with van der Waals surface area (Å²) in [7, 11) is 1.48. The highest BCUT2D eigenvalue weighted by Gasteiger charge is 2.19. The van der Waals surface area contributed by atoms with Crippen LogP contribution in [0.25, 0.3) is 0 Å². The van der Waals surface area contributed by atoms with Crippen molar-refractivity contribution in [2.24, 2.45) is 0 Å². The van der Waals surface area contributed by atoms with E-state index in [9.17, 15) is 13.6 Å². The molecule has 0 fully saturated rings. The van der Waals surface area contributed by atoms with Crippen molar-refractivity contribution in [3.8, 4) is 0 Å². The van der Waals surface area contributed by atoms with Gasteiger partial charge in [0.1, 0.15) is 17.4 Å². The largest absolute Gasteiger partial charge is 0.452 e. The van der Waals surface area contributed by atoms with Crippen molar-refractivity contribution in [1.29, 1.82) is 0 Å². The molecule has 20 heavy (non-hydrogen) atoms. The molecule has 0 bridgehead atoms. The van der Waals surface area contributed by atoms with Gasteiger partial charge in [-0.25, -0.2) is 8.78 Å². The Bertz CT molecular complexity index is 658. The highest BCUT2D eigenvalue weighted by Crippen LogP contribution is 2.20. The first kappa shape index (κ1) is 14.5. The number of amides is 1. The Morgan fingerprint density at radius 2 is 2.05 bits per heavy atom. The Balaban J connectivity index is 2.20. The van der Waals surface area contributed by atoms with Gasteiger partial charge < -0.3 is 15.1 Å². The lowest BCUT2D eigenvalue weighted by atomic mass is 10.1. The van der Waals surface area contributed by atoms with Crippen LogP contribution in [0.5, 0.6) is 0 Å². The fourth-order valence-corrected chi connectivity index (χ4v) is 2.02. The summed E-state index contributed by atoms with van der Waals surface area (Å²) >= 11 is 3.14. The van der Waals surface area contributed by atoms with E-state index in [1.807, 2.05) is 0 Å². The molecule has 2 N–H and O–H groups in total. The molecule has 2 aromatic rings. The van der Waals surface area contributed by atoms with Crippen LogP contribution in [0.2, 0.25) is 0 Å². The van der Waals surface area contributed by atoms with E-state index < -0.39 is 17.5 Å². The van der Waals surface area contributed by atoms with Crippen molar-refractivity contribution in [3.05, 3.63) is 51.9 Å². The number of nitrogens with zero attached hydrogens (tertiary/aromatic N) is 1. The summed E-state index contributed by atoms with van der Waals surface area (Å²) in [5.41, 5.74) is 4.79. The van der Waals surface area contributed by atoms with Crippen LogP contribution >= 0.6 is 15.9 Å². The molecule has 0 saturated heterocycles. The van der Waals surface area contributed by atoms with Gasteiger partial charge in [0.05, 0.1) is 17.8 Å². The SMILES string of the molecule is CN(Cc1ccc(Br)o1)C(=O)c1cc(N)c(F)cc1F. The summed E-state index contributed by atoms with van der Waals surface area (Å²) in [5.74, 6) is -1.92. The van der Waals surface area contributed by atoms with Gasteiger partial charge >= 0.3 is 0 Å². The molecule has 1 aromatic carbocycles. The molecular weight excluding hydrogens is 334 g/mol. The summed E-state index contributed by atoms with van der Waals surface area (Å²) in [6.45, 7) is 0.154. The zero-order chi connectivity index (χ0) is 14.9. The Kier molecular flexibility index (Phi) is 4.08. The second kappa shape index (κ2) is 5.62. The number of furan rings is 1. The molecule has 106 valence electrons. The summed E-state index contributed by atoms with van der Waals surface area (Å²) in [6.07, 6.45) is 0. The zero-order valence-electron chi connectivity index (χ0n) is 10.5. The van der Waals surface area contributed by atoms with Crippen molar-refractivity contribution in [2.45, 2.75) is 6.54 Å². The van der Waals surface area contributed by atoms with E-state index >= 15 is 0 Å². The smallest absolute Gasteiger partial charge is 0.257 e. The van der Waals surface area contributed by atoms with Gasteiger partial charge in [0.25, 0.3) is 5.91 Å². The molecule has 0 spiro atoms. The maximum Gasteiger partial charge on any atom is 0.257 e. The molecular formula is C13H11BrF2N2O2. The number of hydrogen-bond donors (Lipinski definition) is 1. The number of carbonyl (C=O) groups excluding carboxylic acids is 1. The van der Waals surface area contributed by atoms with Gasteiger partial charge in [-0.2, -0.15) is 0 Å². The first-order valence-corrected chi connectivity index (χ1v) is 6.42. The van der Waals surface area contributed by atoms with E-state index in [1.165, 1.54) is 11.9 Å². The summed E-state index contributed by atoms with van der Waals surface area (Å²) < 4.78 is 32.5. The van der Waals surface area contributed by atoms with Crippen LogP contribution in [0.1, 0.15) is 16.1 Å². The molecule has 4 nitrogen and oxygen atoms in total. The molecule has 0 aliphatic carbocycles. The van der Waals surface area contributed by atoms with E-state index in [4.69, 9.17) is 10.2 Å². The lowest BCUT2D eigenvalue weighted by Gasteiger charge is -2.16. The number of nitrogen functional groups attached to an aromatic ring is 1. The molecule has 0 aliphatic heterocycles. The average molecular weight is 345 g/mol. The van der Waals surface area contributed by atoms with Crippen LogP contribution in [0.4, 0.5) is 14.5 Å². The fourth-order valence-electron chi connectivity index (χ4n) is 1.68. The van der Waals surface area contributed by atoms with Gasteiger partial charge in [-0.15, -0.1) is 0 Å². The first-order chi connectivity index (χ1) is 9.38. The summed E-state index contributed by atoms with van der Waals surface area (Å²) in [4.78, 5) is 13.3. The van der Waals surface area contributed by atoms with Crippen LogP contribution in [0.15, 0.2) is 33.4 Å². The third-order valence-corrected chi connectivity index (χ3v) is 3.11. The van der Waals surface area contributed by atoms with Gasteiger partial charge in [0.15, 0.2) is 4.67 Å². The van der Waals surface area contributed by atoms with Crippen LogP contribution < -0.4 is 5.73 Å². The van der Waals surface area contributed by atoms with E-state index in [2.05, 4.69) is 15.9 Å². The predicted octanol–water partition coefficient (Wildman–Crippen LogP) is 3.17. The predicted molar refractivity (Wildman–Crippen MR) is 73.0 cm³/mol. The number of hydrogen-bond acceptors (Lipinski definition) is 3. The van der Waals surface area contributed by atoms with Gasteiger partial charge in [-0.05, 0) is 34.1 Å². The monoisotopic (exact) mass is 344 g/mol. The standard InChI is InChI=1S/C13H11BrF2N2O2/c1-18(6-7-2-3-12(14)20-7)13(19)8-4-11(17)10(16)5-9(8)15/h2-5H,6,17H2,1H3. The lowest BCUT2D eigenvalue weighted by molar-refractivity contribution is 0.0770. The number of halogens is 3. The molecule has 0 aliphatic rings. The maximum atomic E-state index is 13.6. The van der Waals surface area contributed by atoms with Crippen LogP contribution in [0, 0.1) is 11.6 Å². The van der Waals surface area contributed by atoms with Crippen molar-refractivity contribution < 1.29 is 18.0 Å². The molecule has 0 radical (unpaired) electrons. The van der Waals surface area contributed by atoms with E-state index in [0.717, 1.165) is 6.07 Å². The fraction of sp³-hybridized carbons (Fsp3) is 0.154. The van der Waals surface area contributed by atoms with Gasteiger partial charge in [-0.3, -0.25) is 4.79 Å². The quantitative estimate of drug-likeness (QED) is 0.870. The van der Waals surface area contributed by atoms with Crippen molar-refractivity contribution in [3.63, 3.8) is 0 Å². The summed E-state index contributed by atoms with van der Waals surface area (Å²) in [6, 6.07) is 4.95. The molecule has 1 heterocycles. The maximum absolute atomic E-state index is 13.6. The normalized spacial score (nSPS) is 10.6.